The van der Waals surface area contributed by atoms with Gasteiger partial charge in [0.2, 0.25) is 11.5 Å². The molecule has 3 rings (SSSR count). The van der Waals surface area contributed by atoms with Crippen LogP contribution < -0.4 is 21.9 Å². The number of aliphatic carboxylic acids is 1. The van der Waals surface area contributed by atoms with E-state index in [1.807, 2.05) is 23.0 Å². The number of nitrogens with zero attached hydrogens (tertiary/aromatic N) is 5. The lowest BCUT2D eigenvalue weighted by molar-refractivity contribution is -0.152. The van der Waals surface area contributed by atoms with Crippen molar-refractivity contribution in [1.82, 2.24) is 19.1 Å². The van der Waals surface area contributed by atoms with Gasteiger partial charge >= 0.3 is 5.97 Å². The number of carboxylic acid groups (broad SMARTS) is 1. The molecule has 0 aliphatic rings. The van der Waals surface area contributed by atoms with Crippen LogP contribution in [0.25, 0.3) is 11.1 Å². The highest BCUT2D eigenvalue weighted by molar-refractivity contribution is 7.09. The number of aryl methyl sites for hydroxylation is 1. The van der Waals surface area contributed by atoms with Crippen molar-refractivity contribution in [2.45, 2.75) is 19.1 Å². The number of rotatable bonds is 12. The van der Waals surface area contributed by atoms with Crippen LogP contribution in [0.3, 0.4) is 0 Å². The van der Waals surface area contributed by atoms with Gasteiger partial charge in [-0.15, -0.1) is 0 Å². The first-order chi connectivity index (χ1) is 15.9. The molecule has 7 N–H and O–H groups in total. The van der Waals surface area contributed by atoms with Crippen LogP contribution in [0.5, 0.6) is 5.75 Å². The summed E-state index contributed by atoms with van der Waals surface area (Å²) in [5.41, 5.74) is 17.6. The lowest BCUT2D eigenvalue weighted by atomic mass is 10.1. The first kappa shape index (κ1) is 23.6. The third kappa shape index (κ3) is 6.47. The monoisotopic (exact) mass is 474 g/mol. The molecule has 1 atom stereocenters. The fourth-order valence-corrected chi connectivity index (χ4v) is 3.03. The van der Waals surface area contributed by atoms with Crippen LogP contribution in [0.1, 0.15) is 12.2 Å². The molecule has 2 heterocycles. The van der Waals surface area contributed by atoms with E-state index in [0.717, 1.165) is 35.6 Å². The second-order valence-electron chi connectivity index (χ2n) is 6.66. The van der Waals surface area contributed by atoms with E-state index < -0.39 is 23.7 Å². The average molecular weight is 475 g/mol. The number of amides is 1. The zero-order valence-electron chi connectivity index (χ0n) is 17.3. The molecule has 2 aromatic heterocycles. The van der Waals surface area contributed by atoms with E-state index in [4.69, 9.17) is 26.8 Å². The summed E-state index contributed by atoms with van der Waals surface area (Å²) in [6.07, 6.45) is 2.98. The summed E-state index contributed by atoms with van der Waals surface area (Å²) in [6.45, 7) is 0.946. The van der Waals surface area contributed by atoms with Gasteiger partial charge in [0.05, 0.1) is 6.20 Å². The Morgan fingerprint density at radius 3 is 2.61 bits per heavy atom. The van der Waals surface area contributed by atoms with Crippen molar-refractivity contribution in [2.75, 3.05) is 18.9 Å². The number of nitrogen functional groups attached to an aromatic ring is 1. The minimum absolute atomic E-state index is 0.0865. The Morgan fingerprint density at radius 2 is 2.00 bits per heavy atom. The number of hydrogen-bond donors (Lipinski definition) is 4. The van der Waals surface area contributed by atoms with Crippen molar-refractivity contribution >= 4 is 34.3 Å². The molecule has 0 spiro atoms. The number of primary amides is 1. The number of nitrogens with two attached hydrogens (primary N) is 3. The molecule has 1 aromatic carbocycles. The van der Waals surface area contributed by atoms with Gasteiger partial charge in [-0.25, -0.2) is 4.79 Å². The van der Waals surface area contributed by atoms with Crippen LogP contribution in [0.4, 0.5) is 5.13 Å². The Hall–Kier alpha value is -4.04. The maximum atomic E-state index is 11.6. The maximum absolute atomic E-state index is 11.6. The fourth-order valence-electron chi connectivity index (χ4n) is 2.59. The SMILES string of the molecule is NCCCn1cc(-c2ccc(OC[C@H](O/N=C(\C(N)=O)c3nsc(N)n3)C(=O)O)cc2)cn1. The van der Waals surface area contributed by atoms with Gasteiger partial charge in [-0.2, -0.15) is 14.5 Å². The van der Waals surface area contributed by atoms with Crippen LogP contribution >= 0.6 is 11.5 Å². The molecule has 13 nitrogen and oxygen atoms in total. The highest BCUT2D eigenvalue weighted by Gasteiger charge is 2.23. The highest BCUT2D eigenvalue weighted by Crippen LogP contribution is 2.22. The number of benzene rings is 1. The molecule has 0 fully saturated rings. The molecule has 0 aliphatic carbocycles. The van der Waals surface area contributed by atoms with E-state index in [1.54, 1.807) is 18.3 Å². The quantitative estimate of drug-likeness (QED) is 0.205. The van der Waals surface area contributed by atoms with Crippen LogP contribution in [0, 0.1) is 0 Å². The second-order valence-corrected chi connectivity index (χ2v) is 7.45. The highest BCUT2D eigenvalue weighted by atomic mass is 32.1. The van der Waals surface area contributed by atoms with Crippen molar-refractivity contribution < 1.29 is 24.3 Å². The number of carboxylic acids is 1. The molecule has 0 saturated carbocycles. The lowest BCUT2D eigenvalue weighted by Crippen LogP contribution is -2.31. The molecule has 14 heteroatoms. The third-order valence-corrected chi connectivity index (χ3v) is 4.79. The first-order valence-corrected chi connectivity index (χ1v) is 10.5. The zero-order chi connectivity index (χ0) is 23.8. The topological polar surface area (TPSA) is 207 Å². The van der Waals surface area contributed by atoms with E-state index in [1.165, 1.54) is 0 Å². The molecule has 0 saturated heterocycles. The summed E-state index contributed by atoms with van der Waals surface area (Å²) in [5.74, 6) is -2.09. The Bertz CT molecular complexity index is 1130. The number of oxime groups is 1. The average Bonchev–Trinajstić information content (AvgIpc) is 3.43. The summed E-state index contributed by atoms with van der Waals surface area (Å²) in [6, 6.07) is 7.01. The van der Waals surface area contributed by atoms with E-state index in [2.05, 4.69) is 19.6 Å². The minimum Gasteiger partial charge on any atom is -0.489 e. The van der Waals surface area contributed by atoms with Gasteiger partial charge in [0.25, 0.3) is 12.0 Å². The van der Waals surface area contributed by atoms with Crippen molar-refractivity contribution in [3.8, 4) is 16.9 Å². The summed E-state index contributed by atoms with van der Waals surface area (Å²) in [7, 11) is 0. The Balaban J connectivity index is 1.62. The number of carbonyl (C=O) groups is 2. The van der Waals surface area contributed by atoms with Gasteiger partial charge in [0.15, 0.2) is 5.13 Å². The zero-order valence-corrected chi connectivity index (χ0v) is 18.1. The predicted molar refractivity (Wildman–Crippen MR) is 119 cm³/mol. The molecule has 0 unspecified atom stereocenters. The van der Waals surface area contributed by atoms with Gasteiger partial charge in [0, 0.05) is 29.8 Å². The van der Waals surface area contributed by atoms with Gasteiger partial charge in [0.1, 0.15) is 12.4 Å². The van der Waals surface area contributed by atoms with E-state index >= 15 is 0 Å². The van der Waals surface area contributed by atoms with Crippen molar-refractivity contribution in [1.29, 1.82) is 0 Å². The molecular formula is C19H22N8O5S. The van der Waals surface area contributed by atoms with Crippen LogP contribution in [-0.4, -0.2) is 61.1 Å². The van der Waals surface area contributed by atoms with E-state index in [0.29, 0.717) is 12.3 Å². The van der Waals surface area contributed by atoms with Crippen molar-refractivity contribution in [3.63, 3.8) is 0 Å². The molecular weight excluding hydrogens is 452 g/mol. The first-order valence-electron chi connectivity index (χ1n) is 9.69. The molecule has 0 bridgehead atoms. The third-order valence-electron chi connectivity index (χ3n) is 4.25. The van der Waals surface area contributed by atoms with Crippen molar-refractivity contribution in [3.05, 3.63) is 42.5 Å². The molecule has 0 radical (unpaired) electrons. The number of anilines is 1. The number of aromatic nitrogens is 4. The van der Waals surface area contributed by atoms with Crippen LogP contribution in [-0.2, 0) is 21.0 Å². The Morgan fingerprint density at radius 1 is 1.24 bits per heavy atom. The predicted octanol–water partition coefficient (Wildman–Crippen LogP) is 0.0708. The summed E-state index contributed by atoms with van der Waals surface area (Å²) in [4.78, 5) is 31.8. The fraction of sp³-hybridized carbons (Fsp3) is 0.263. The summed E-state index contributed by atoms with van der Waals surface area (Å²) >= 11 is 0.824. The van der Waals surface area contributed by atoms with Crippen LogP contribution in [0.15, 0.2) is 41.8 Å². The largest absolute Gasteiger partial charge is 0.489 e. The van der Waals surface area contributed by atoms with Gasteiger partial charge in [-0.3, -0.25) is 9.48 Å². The maximum Gasteiger partial charge on any atom is 0.351 e. The van der Waals surface area contributed by atoms with E-state index in [9.17, 15) is 14.7 Å². The van der Waals surface area contributed by atoms with E-state index in [-0.39, 0.29) is 17.6 Å². The van der Waals surface area contributed by atoms with Crippen molar-refractivity contribution in [2.24, 2.45) is 16.6 Å². The molecule has 1 amide bonds. The smallest absolute Gasteiger partial charge is 0.351 e. The summed E-state index contributed by atoms with van der Waals surface area (Å²) < 4.78 is 11.1. The normalized spacial score (nSPS) is 12.3. The number of ether oxygens (including phenoxy) is 1. The number of hydrogen-bond acceptors (Lipinski definition) is 11. The second kappa shape index (κ2) is 11.0. The van der Waals surface area contributed by atoms with Crippen LogP contribution in [0.2, 0.25) is 0 Å². The molecule has 0 aliphatic heterocycles. The summed E-state index contributed by atoms with van der Waals surface area (Å²) in [5, 5.41) is 17.3. The lowest BCUT2D eigenvalue weighted by Gasteiger charge is -2.12. The van der Waals surface area contributed by atoms with Gasteiger partial charge in [-0.05, 0) is 30.7 Å². The minimum atomic E-state index is -1.52. The Kier molecular flexibility index (Phi) is 7.88. The number of carbonyl (C=O) groups excluding carboxylic acids is 1. The molecule has 33 heavy (non-hydrogen) atoms. The van der Waals surface area contributed by atoms with Gasteiger partial charge in [-0.1, -0.05) is 17.3 Å². The standard InChI is InChI=1S/C19H22N8O5S/c20-6-1-7-27-9-12(8-23-27)11-2-4-13(5-3-11)31-10-14(18(29)30)32-25-15(16(21)28)17-24-19(22)33-26-17/h2-5,8-9,14H,1,6-7,10,20H2,(H2,21,28)(H,29,30)(H2,22,24,26)/b25-15+/t14-/m0/s1. The Labute approximate surface area is 192 Å². The van der Waals surface area contributed by atoms with Gasteiger partial charge < -0.3 is 31.9 Å². The molecule has 174 valence electrons. The molecule has 3 aromatic rings.